The molecule has 0 bridgehead atoms. The van der Waals surface area contributed by atoms with Gasteiger partial charge in [-0.25, -0.2) is 4.98 Å². The number of aromatic amines is 1. The van der Waals surface area contributed by atoms with E-state index in [4.69, 9.17) is 0 Å². The molecule has 0 atom stereocenters. The number of nitrogens with zero attached hydrogens (tertiary/aromatic N) is 2. The van der Waals surface area contributed by atoms with Crippen LogP contribution in [0.3, 0.4) is 0 Å². The Kier molecular flexibility index (Phi) is 3.25. The van der Waals surface area contributed by atoms with E-state index in [-0.39, 0.29) is 11.3 Å². The van der Waals surface area contributed by atoms with Crippen LogP contribution < -0.4 is 0 Å². The van der Waals surface area contributed by atoms with E-state index in [0.717, 1.165) is 21.8 Å². The van der Waals surface area contributed by atoms with Gasteiger partial charge in [0, 0.05) is 5.56 Å². The van der Waals surface area contributed by atoms with Gasteiger partial charge in [-0.1, -0.05) is 54.6 Å². The second-order valence-electron chi connectivity index (χ2n) is 5.46. The van der Waals surface area contributed by atoms with Gasteiger partial charge in [0.25, 0.3) is 0 Å². The number of hydrogen-bond acceptors (Lipinski definition) is 3. The van der Waals surface area contributed by atoms with Gasteiger partial charge in [-0.3, -0.25) is 0 Å². The molecule has 4 heteroatoms. The highest BCUT2D eigenvalue weighted by molar-refractivity contribution is 6.01. The fraction of sp³-hybridized carbons (Fsp3) is 0. The van der Waals surface area contributed by atoms with Gasteiger partial charge < -0.3 is 10.1 Å². The lowest BCUT2D eigenvalue weighted by Gasteiger charge is -2.07. The zero-order valence-electron chi connectivity index (χ0n) is 12.7. The molecule has 3 aromatic carbocycles. The molecule has 0 amide bonds. The lowest BCUT2D eigenvalue weighted by molar-refractivity contribution is 0.514. The maximum atomic E-state index is 10.8. The van der Waals surface area contributed by atoms with Crippen LogP contribution in [0.15, 0.2) is 66.7 Å². The number of aliphatic hydroxyl groups excluding tert-OH is 1. The Balaban J connectivity index is 1.96. The van der Waals surface area contributed by atoms with Crippen molar-refractivity contribution in [1.82, 2.24) is 9.97 Å². The van der Waals surface area contributed by atoms with Gasteiger partial charge in [0.05, 0.1) is 11.0 Å². The van der Waals surface area contributed by atoms with Gasteiger partial charge in [0.15, 0.2) is 5.82 Å². The fourth-order valence-corrected chi connectivity index (χ4v) is 2.86. The molecule has 24 heavy (non-hydrogen) atoms. The predicted octanol–water partition coefficient (Wildman–Crippen LogP) is 4.67. The first-order chi connectivity index (χ1) is 11.8. The molecule has 0 spiro atoms. The first-order valence-corrected chi connectivity index (χ1v) is 7.54. The van der Waals surface area contributed by atoms with Crippen LogP contribution in [0.4, 0.5) is 0 Å². The predicted molar refractivity (Wildman–Crippen MR) is 95.1 cm³/mol. The van der Waals surface area contributed by atoms with Gasteiger partial charge in [-0.2, -0.15) is 5.26 Å². The van der Waals surface area contributed by atoms with Crippen molar-refractivity contribution >= 4 is 33.1 Å². The van der Waals surface area contributed by atoms with Gasteiger partial charge in [0.1, 0.15) is 17.4 Å². The third kappa shape index (κ3) is 2.20. The zero-order valence-corrected chi connectivity index (χ0v) is 12.7. The molecule has 0 radical (unpaired) electrons. The quantitative estimate of drug-likeness (QED) is 0.417. The molecule has 0 fully saturated rings. The number of hydrogen-bond donors (Lipinski definition) is 2. The Morgan fingerprint density at radius 2 is 1.71 bits per heavy atom. The molecule has 4 nitrogen and oxygen atoms in total. The fourth-order valence-electron chi connectivity index (χ4n) is 2.86. The molecule has 0 saturated heterocycles. The summed E-state index contributed by atoms with van der Waals surface area (Å²) in [7, 11) is 0. The molecule has 4 aromatic rings. The Labute approximate surface area is 138 Å². The smallest absolute Gasteiger partial charge is 0.153 e. The topological polar surface area (TPSA) is 72.7 Å². The summed E-state index contributed by atoms with van der Waals surface area (Å²) < 4.78 is 0. The van der Waals surface area contributed by atoms with E-state index < -0.39 is 0 Å². The molecule has 1 heterocycles. The summed E-state index contributed by atoms with van der Waals surface area (Å²) in [5.74, 6) is 0.289. The molecule has 0 saturated carbocycles. The number of nitriles is 1. The van der Waals surface area contributed by atoms with Crippen molar-refractivity contribution in [3.8, 4) is 6.07 Å². The summed E-state index contributed by atoms with van der Waals surface area (Å²) in [6, 6.07) is 23.0. The van der Waals surface area contributed by atoms with Crippen molar-refractivity contribution in [2.45, 2.75) is 0 Å². The lowest BCUT2D eigenvalue weighted by Crippen LogP contribution is -1.93. The summed E-state index contributed by atoms with van der Waals surface area (Å²) in [6.07, 6.45) is 0. The van der Waals surface area contributed by atoms with Crippen LogP contribution in [-0.2, 0) is 0 Å². The average Bonchev–Trinajstić information content (AvgIpc) is 3.05. The number of nitrogens with one attached hydrogen (secondary N) is 1. The first-order valence-electron chi connectivity index (χ1n) is 7.54. The molecule has 4 rings (SSSR count). The van der Waals surface area contributed by atoms with Crippen LogP contribution in [0.2, 0.25) is 0 Å². The minimum Gasteiger partial charge on any atom is -0.506 e. The number of benzene rings is 3. The molecule has 0 aliphatic heterocycles. The number of rotatable bonds is 2. The maximum absolute atomic E-state index is 10.8. The Morgan fingerprint density at radius 3 is 2.54 bits per heavy atom. The molecular formula is C20H13N3O. The van der Waals surface area contributed by atoms with E-state index in [0.29, 0.717) is 11.4 Å². The number of imidazole rings is 1. The summed E-state index contributed by atoms with van der Waals surface area (Å²) in [5, 5.41) is 22.2. The van der Waals surface area contributed by atoms with E-state index in [1.165, 1.54) is 0 Å². The van der Waals surface area contributed by atoms with Crippen LogP contribution in [0, 0.1) is 11.3 Å². The van der Waals surface area contributed by atoms with Crippen LogP contribution in [0.5, 0.6) is 0 Å². The van der Waals surface area contributed by atoms with Gasteiger partial charge >= 0.3 is 0 Å². The lowest BCUT2D eigenvalue weighted by atomic mass is 10.0. The molecule has 0 aliphatic rings. The highest BCUT2D eigenvalue weighted by Gasteiger charge is 2.16. The van der Waals surface area contributed by atoms with Crippen molar-refractivity contribution in [3.05, 3.63) is 78.1 Å². The van der Waals surface area contributed by atoms with Crippen LogP contribution in [0.25, 0.3) is 33.1 Å². The second-order valence-corrected chi connectivity index (χ2v) is 5.46. The van der Waals surface area contributed by atoms with Crippen molar-refractivity contribution < 1.29 is 5.11 Å². The van der Waals surface area contributed by atoms with Crippen LogP contribution in [-0.4, -0.2) is 15.1 Å². The normalized spacial score (nSPS) is 12.1. The van der Waals surface area contributed by atoms with Gasteiger partial charge in [0.2, 0.25) is 0 Å². The van der Waals surface area contributed by atoms with Crippen LogP contribution >= 0.6 is 0 Å². The van der Waals surface area contributed by atoms with Gasteiger partial charge in [-0.15, -0.1) is 0 Å². The van der Waals surface area contributed by atoms with Crippen LogP contribution in [0.1, 0.15) is 11.4 Å². The van der Waals surface area contributed by atoms with Crippen molar-refractivity contribution in [1.29, 1.82) is 5.26 Å². The van der Waals surface area contributed by atoms with E-state index in [1.807, 2.05) is 60.7 Å². The highest BCUT2D eigenvalue weighted by atomic mass is 16.3. The Bertz CT molecular complexity index is 1090. The summed E-state index contributed by atoms with van der Waals surface area (Å²) in [4.78, 5) is 7.51. The summed E-state index contributed by atoms with van der Waals surface area (Å²) in [5.41, 5.74) is 2.32. The van der Waals surface area contributed by atoms with E-state index in [9.17, 15) is 10.4 Å². The second kappa shape index (κ2) is 5.56. The number of fused-ring (bicyclic) bond motifs is 2. The average molecular weight is 311 g/mol. The first kappa shape index (κ1) is 14.0. The maximum Gasteiger partial charge on any atom is 0.153 e. The molecule has 0 aliphatic carbocycles. The monoisotopic (exact) mass is 311 g/mol. The number of H-pyrrole nitrogens is 1. The zero-order chi connectivity index (χ0) is 16.5. The summed E-state index contributed by atoms with van der Waals surface area (Å²) in [6.45, 7) is 0. The molecule has 0 unspecified atom stereocenters. The van der Waals surface area contributed by atoms with E-state index >= 15 is 0 Å². The van der Waals surface area contributed by atoms with Crippen molar-refractivity contribution in [2.75, 3.05) is 0 Å². The number of allylic oxidation sites excluding steroid dienone is 1. The molecule has 2 N–H and O–H groups in total. The Morgan fingerprint density at radius 1 is 0.958 bits per heavy atom. The number of aromatic nitrogens is 2. The minimum atomic E-state index is -0.0756. The van der Waals surface area contributed by atoms with Crippen molar-refractivity contribution in [3.63, 3.8) is 0 Å². The standard InChI is InChI=1S/C20H13N3O/c21-12-16(20-22-17-10-3-4-11-18(17)23-20)19(24)15-9-5-7-13-6-1-2-8-14(13)15/h1-11,24H,(H,22,23)/b19-16-. The van der Waals surface area contributed by atoms with E-state index in [2.05, 4.69) is 16.0 Å². The molecule has 114 valence electrons. The minimum absolute atomic E-state index is 0.0756. The Hall–Kier alpha value is -3.58. The third-order valence-electron chi connectivity index (χ3n) is 4.02. The molecular weight excluding hydrogens is 298 g/mol. The number of aliphatic hydroxyl groups is 1. The summed E-state index contributed by atoms with van der Waals surface area (Å²) >= 11 is 0. The highest BCUT2D eigenvalue weighted by Crippen LogP contribution is 2.29. The molecule has 1 aromatic heterocycles. The SMILES string of the molecule is N#C/C(=C(/O)c1cccc2ccccc12)c1nc2ccccc2[nH]1. The van der Waals surface area contributed by atoms with E-state index in [1.54, 1.807) is 6.07 Å². The van der Waals surface area contributed by atoms with Crippen molar-refractivity contribution in [2.24, 2.45) is 0 Å². The third-order valence-corrected chi connectivity index (χ3v) is 4.02. The largest absolute Gasteiger partial charge is 0.506 e. The number of para-hydroxylation sites is 2. The van der Waals surface area contributed by atoms with Gasteiger partial charge in [-0.05, 0) is 22.9 Å².